The van der Waals surface area contributed by atoms with Crippen LogP contribution in [0.25, 0.3) is 22.4 Å². The van der Waals surface area contributed by atoms with Gasteiger partial charge in [-0.2, -0.15) is 0 Å². The zero-order chi connectivity index (χ0) is 18.3. The van der Waals surface area contributed by atoms with Crippen molar-refractivity contribution in [2.24, 2.45) is 4.99 Å². The number of allylic oxidation sites excluding steroid dienone is 1. The second-order valence-electron chi connectivity index (χ2n) is 5.92. The highest BCUT2D eigenvalue weighted by molar-refractivity contribution is 6.22. The van der Waals surface area contributed by atoms with Gasteiger partial charge in [-0.1, -0.05) is 36.4 Å². The molecule has 1 aliphatic heterocycles. The molecule has 0 fully saturated rings. The highest BCUT2D eigenvalue weighted by Crippen LogP contribution is 2.35. The van der Waals surface area contributed by atoms with Crippen LogP contribution in [0.4, 0.5) is 5.69 Å². The third kappa shape index (κ3) is 2.48. The summed E-state index contributed by atoms with van der Waals surface area (Å²) in [6.07, 6.45) is 3.38. The van der Waals surface area contributed by atoms with Gasteiger partial charge < -0.3 is 15.0 Å². The van der Waals surface area contributed by atoms with Crippen LogP contribution in [0.2, 0.25) is 0 Å². The van der Waals surface area contributed by atoms with Crippen molar-refractivity contribution in [2.45, 2.75) is 6.54 Å². The van der Waals surface area contributed by atoms with Crippen LogP contribution in [-0.4, -0.2) is 21.9 Å². The summed E-state index contributed by atoms with van der Waals surface area (Å²) in [4.78, 5) is 27.9. The maximum atomic E-state index is 12.5. The van der Waals surface area contributed by atoms with Gasteiger partial charge >= 0.3 is 0 Å². The van der Waals surface area contributed by atoms with E-state index in [4.69, 9.17) is 0 Å². The molecular formula is C20H13N2O4-. The van der Waals surface area contributed by atoms with Crippen molar-refractivity contribution in [3.63, 3.8) is 0 Å². The molecule has 0 saturated heterocycles. The summed E-state index contributed by atoms with van der Waals surface area (Å²) in [7, 11) is 0. The summed E-state index contributed by atoms with van der Waals surface area (Å²) in [5, 5.41) is 22.5. The molecule has 26 heavy (non-hydrogen) atoms. The summed E-state index contributed by atoms with van der Waals surface area (Å²) in [6.45, 7) is -0.726. The van der Waals surface area contributed by atoms with Crippen LogP contribution in [0, 0.1) is 0 Å². The number of hydrogen-bond donors (Lipinski definition) is 1. The quantitative estimate of drug-likeness (QED) is 0.782. The van der Waals surface area contributed by atoms with Crippen LogP contribution in [0.5, 0.6) is 5.88 Å². The van der Waals surface area contributed by atoms with Gasteiger partial charge in [0.1, 0.15) is 0 Å². The van der Waals surface area contributed by atoms with Crippen LogP contribution in [0.1, 0.15) is 11.1 Å². The lowest BCUT2D eigenvalue weighted by atomic mass is 10.0. The number of fused-ring (bicyclic) bond motifs is 2. The average molecular weight is 345 g/mol. The minimum atomic E-state index is -1.45. The highest BCUT2D eigenvalue weighted by atomic mass is 16.4. The Morgan fingerprint density at radius 3 is 2.58 bits per heavy atom. The van der Waals surface area contributed by atoms with E-state index in [9.17, 15) is 19.8 Å². The summed E-state index contributed by atoms with van der Waals surface area (Å²) in [6, 6.07) is 14.3. The number of para-hydroxylation sites is 1. The molecule has 1 N–H and O–H groups in total. The molecule has 2 heterocycles. The fourth-order valence-corrected chi connectivity index (χ4v) is 3.14. The number of aliphatic carboxylic acids is 1. The number of hydrogen-bond acceptors (Lipinski definition) is 5. The van der Waals surface area contributed by atoms with E-state index in [1.54, 1.807) is 36.6 Å². The Labute approximate surface area is 148 Å². The first kappa shape index (κ1) is 15.8. The molecule has 0 radical (unpaired) electrons. The molecule has 0 unspecified atom stereocenters. The van der Waals surface area contributed by atoms with Crippen molar-refractivity contribution >= 4 is 40.3 Å². The minimum absolute atomic E-state index is 0.321. The number of rotatable bonds is 3. The highest BCUT2D eigenvalue weighted by Gasteiger charge is 2.17. The summed E-state index contributed by atoms with van der Waals surface area (Å²) in [5.41, 5.74) is 2.25. The largest absolute Gasteiger partial charge is 0.548 e. The standard InChI is InChI=1S/C20H14N2O4/c23-18(24)11-22-19(25)15-7-2-1-6-14(15)16(20(22)26)9-12-10-21-17-8-4-3-5-13(12)17/h1-10,26H,11H2,(H,23,24)/p-1/b12-9+. The SMILES string of the molecule is O=C([O-])Cn1c(O)c(/C=C2\C=Nc3ccccc32)c2ccccc2c1=O. The van der Waals surface area contributed by atoms with Gasteiger partial charge in [-0.3, -0.25) is 14.4 Å². The zero-order valence-electron chi connectivity index (χ0n) is 13.5. The fraction of sp³-hybridized carbons (Fsp3) is 0.0500. The van der Waals surface area contributed by atoms with E-state index < -0.39 is 24.0 Å². The third-order valence-electron chi connectivity index (χ3n) is 4.33. The number of benzene rings is 2. The van der Waals surface area contributed by atoms with E-state index in [2.05, 4.69) is 4.99 Å². The molecule has 0 aliphatic carbocycles. The number of carboxylic acid groups (broad SMARTS) is 1. The predicted octanol–water partition coefficient (Wildman–Crippen LogP) is 1.71. The first-order chi connectivity index (χ1) is 12.6. The topological polar surface area (TPSA) is 94.7 Å². The van der Waals surface area contributed by atoms with E-state index >= 15 is 0 Å². The monoisotopic (exact) mass is 345 g/mol. The lowest BCUT2D eigenvalue weighted by Crippen LogP contribution is -2.33. The Hall–Kier alpha value is -3.67. The number of nitrogens with zero attached hydrogens (tertiary/aromatic N) is 2. The van der Waals surface area contributed by atoms with Crippen molar-refractivity contribution in [1.29, 1.82) is 0 Å². The molecular weight excluding hydrogens is 332 g/mol. The van der Waals surface area contributed by atoms with E-state index in [0.717, 1.165) is 21.4 Å². The lowest BCUT2D eigenvalue weighted by Gasteiger charge is -2.14. The van der Waals surface area contributed by atoms with Crippen LogP contribution in [0.15, 0.2) is 58.3 Å². The van der Waals surface area contributed by atoms with Crippen LogP contribution in [0.3, 0.4) is 0 Å². The molecule has 0 bridgehead atoms. The zero-order valence-corrected chi connectivity index (χ0v) is 13.5. The maximum Gasteiger partial charge on any atom is 0.261 e. The fourth-order valence-electron chi connectivity index (χ4n) is 3.14. The number of pyridine rings is 1. The molecule has 6 heteroatoms. The maximum absolute atomic E-state index is 12.5. The van der Waals surface area contributed by atoms with E-state index in [1.807, 2.05) is 24.3 Å². The third-order valence-corrected chi connectivity index (χ3v) is 4.33. The number of aromatic nitrogens is 1. The molecule has 0 spiro atoms. The van der Waals surface area contributed by atoms with Gasteiger partial charge in [0.25, 0.3) is 5.56 Å². The summed E-state index contributed by atoms with van der Waals surface area (Å²) < 4.78 is 0.808. The number of aromatic hydroxyl groups is 1. The smallest absolute Gasteiger partial charge is 0.261 e. The lowest BCUT2D eigenvalue weighted by molar-refractivity contribution is -0.306. The van der Waals surface area contributed by atoms with Gasteiger partial charge in [-0.15, -0.1) is 0 Å². The van der Waals surface area contributed by atoms with Crippen molar-refractivity contribution in [3.8, 4) is 5.88 Å². The number of carbonyl (C=O) groups excluding carboxylic acids is 1. The Bertz CT molecular complexity index is 1170. The summed E-state index contributed by atoms with van der Waals surface area (Å²) in [5.74, 6) is -1.87. The van der Waals surface area contributed by atoms with E-state index in [-0.39, 0.29) is 0 Å². The molecule has 3 aromatic rings. The Morgan fingerprint density at radius 1 is 1.12 bits per heavy atom. The van der Waals surface area contributed by atoms with Gasteiger partial charge in [-0.25, -0.2) is 0 Å². The predicted molar refractivity (Wildman–Crippen MR) is 97.3 cm³/mol. The van der Waals surface area contributed by atoms with Crippen LogP contribution in [-0.2, 0) is 11.3 Å². The molecule has 1 aliphatic rings. The van der Waals surface area contributed by atoms with Crippen LogP contribution < -0.4 is 10.7 Å². The molecule has 0 amide bonds. The number of carboxylic acids is 1. The first-order valence-electron chi connectivity index (χ1n) is 7.96. The van der Waals surface area contributed by atoms with Gasteiger partial charge in [0, 0.05) is 28.3 Å². The molecule has 2 aromatic carbocycles. The molecule has 128 valence electrons. The summed E-state index contributed by atoms with van der Waals surface area (Å²) >= 11 is 0. The second kappa shape index (κ2) is 6.00. The van der Waals surface area contributed by atoms with Gasteiger partial charge in [0.2, 0.25) is 5.88 Å². The number of aliphatic imine (C=N–C) groups is 1. The van der Waals surface area contributed by atoms with Crippen molar-refractivity contribution in [3.05, 3.63) is 70.0 Å². The Morgan fingerprint density at radius 2 is 1.81 bits per heavy atom. The minimum Gasteiger partial charge on any atom is -0.548 e. The Kier molecular flexibility index (Phi) is 3.65. The molecule has 6 nitrogen and oxygen atoms in total. The van der Waals surface area contributed by atoms with Gasteiger partial charge in [0.05, 0.1) is 18.2 Å². The van der Waals surface area contributed by atoms with Gasteiger partial charge in [0.15, 0.2) is 0 Å². The van der Waals surface area contributed by atoms with E-state index in [0.29, 0.717) is 16.3 Å². The van der Waals surface area contributed by atoms with Gasteiger partial charge in [-0.05, 0) is 23.6 Å². The van der Waals surface area contributed by atoms with Crippen molar-refractivity contribution in [1.82, 2.24) is 4.57 Å². The second-order valence-corrected chi connectivity index (χ2v) is 5.92. The molecule has 0 atom stereocenters. The normalized spacial score (nSPS) is 14.1. The van der Waals surface area contributed by atoms with Crippen molar-refractivity contribution in [2.75, 3.05) is 0 Å². The Balaban J connectivity index is 2.01. The van der Waals surface area contributed by atoms with E-state index in [1.165, 1.54) is 0 Å². The first-order valence-corrected chi connectivity index (χ1v) is 7.96. The average Bonchev–Trinajstić information content (AvgIpc) is 3.05. The molecule has 1 aromatic heterocycles. The van der Waals surface area contributed by atoms with Crippen molar-refractivity contribution < 1.29 is 15.0 Å². The number of carbonyl (C=O) groups is 1. The molecule has 4 rings (SSSR count). The molecule has 0 saturated carbocycles. The van der Waals surface area contributed by atoms with Crippen LogP contribution >= 0.6 is 0 Å².